The van der Waals surface area contributed by atoms with Gasteiger partial charge >= 0.3 is 5.97 Å². The Kier molecular flexibility index (Phi) is 3.85. The fourth-order valence-electron chi connectivity index (χ4n) is 3.16. The predicted octanol–water partition coefficient (Wildman–Crippen LogP) is 2.55. The van der Waals surface area contributed by atoms with Crippen LogP contribution in [-0.4, -0.2) is 23.7 Å². The number of aliphatic carboxylic acids is 1. The lowest BCUT2D eigenvalue weighted by atomic mass is 9.74. The lowest BCUT2D eigenvalue weighted by Crippen LogP contribution is -2.45. The first-order valence-electron chi connectivity index (χ1n) is 6.70. The van der Waals surface area contributed by atoms with Gasteiger partial charge in [0.05, 0.1) is 5.41 Å². The molecule has 92 valence electrons. The SMILES string of the molecule is O=C(O)C1(CNC2CCCC2)CCCCC1. The number of nitrogens with one attached hydrogen (secondary N) is 1. The summed E-state index contributed by atoms with van der Waals surface area (Å²) in [5, 5.41) is 12.9. The molecule has 2 saturated carbocycles. The molecule has 0 unspecified atom stereocenters. The van der Waals surface area contributed by atoms with E-state index in [9.17, 15) is 9.90 Å². The van der Waals surface area contributed by atoms with Gasteiger partial charge in [0, 0.05) is 12.6 Å². The molecule has 0 amide bonds. The van der Waals surface area contributed by atoms with Crippen LogP contribution in [0.2, 0.25) is 0 Å². The number of rotatable bonds is 4. The molecule has 2 N–H and O–H groups in total. The fraction of sp³-hybridized carbons (Fsp3) is 0.923. The third-order valence-electron chi connectivity index (χ3n) is 4.35. The summed E-state index contributed by atoms with van der Waals surface area (Å²) in [6.07, 6.45) is 10.2. The molecule has 3 nitrogen and oxygen atoms in total. The largest absolute Gasteiger partial charge is 0.481 e. The van der Waals surface area contributed by atoms with E-state index in [2.05, 4.69) is 5.32 Å². The molecule has 0 radical (unpaired) electrons. The van der Waals surface area contributed by atoms with Gasteiger partial charge in [-0.3, -0.25) is 4.79 Å². The first-order valence-corrected chi connectivity index (χ1v) is 6.70. The van der Waals surface area contributed by atoms with E-state index in [1.165, 1.54) is 32.1 Å². The summed E-state index contributed by atoms with van der Waals surface area (Å²) in [5.41, 5.74) is -0.457. The normalized spacial score (nSPS) is 25.8. The highest BCUT2D eigenvalue weighted by Gasteiger charge is 2.39. The minimum absolute atomic E-state index is 0.457. The van der Waals surface area contributed by atoms with Crippen LogP contribution in [0.5, 0.6) is 0 Å². The van der Waals surface area contributed by atoms with Crippen LogP contribution in [-0.2, 0) is 4.79 Å². The molecule has 0 heterocycles. The first-order chi connectivity index (χ1) is 7.73. The lowest BCUT2D eigenvalue weighted by Gasteiger charge is -2.34. The van der Waals surface area contributed by atoms with E-state index in [-0.39, 0.29) is 0 Å². The van der Waals surface area contributed by atoms with Gasteiger partial charge in [-0.05, 0) is 25.7 Å². The van der Waals surface area contributed by atoms with Gasteiger partial charge in [0.15, 0.2) is 0 Å². The Balaban J connectivity index is 1.88. The van der Waals surface area contributed by atoms with Crippen molar-refractivity contribution in [1.82, 2.24) is 5.32 Å². The number of carbonyl (C=O) groups is 1. The molecule has 0 atom stereocenters. The van der Waals surface area contributed by atoms with Crippen LogP contribution in [0.3, 0.4) is 0 Å². The minimum Gasteiger partial charge on any atom is -0.481 e. The summed E-state index contributed by atoms with van der Waals surface area (Å²) in [5.74, 6) is -0.585. The summed E-state index contributed by atoms with van der Waals surface area (Å²) < 4.78 is 0. The van der Waals surface area contributed by atoms with Crippen molar-refractivity contribution >= 4 is 5.97 Å². The average Bonchev–Trinajstić information content (AvgIpc) is 2.80. The van der Waals surface area contributed by atoms with Gasteiger partial charge in [0.1, 0.15) is 0 Å². The van der Waals surface area contributed by atoms with Gasteiger partial charge < -0.3 is 10.4 Å². The van der Waals surface area contributed by atoms with Gasteiger partial charge in [-0.1, -0.05) is 32.1 Å². The summed E-state index contributed by atoms with van der Waals surface area (Å²) in [6, 6.07) is 0.582. The Labute approximate surface area is 97.6 Å². The molecule has 2 aliphatic carbocycles. The van der Waals surface area contributed by atoms with E-state index < -0.39 is 11.4 Å². The highest BCUT2D eigenvalue weighted by Crippen LogP contribution is 2.36. The molecule has 0 saturated heterocycles. The summed E-state index contributed by atoms with van der Waals surface area (Å²) in [4.78, 5) is 11.4. The molecule has 0 aromatic carbocycles. The maximum Gasteiger partial charge on any atom is 0.310 e. The van der Waals surface area contributed by atoms with Crippen LogP contribution in [0.4, 0.5) is 0 Å². The second-order valence-corrected chi connectivity index (χ2v) is 5.51. The van der Waals surface area contributed by atoms with Crippen molar-refractivity contribution in [2.45, 2.75) is 63.8 Å². The highest BCUT2D eigenvalue weighted by atomic mass is 16.4. The lowest BCUT2D eigenvalue weighted by molar-refractivity contribution is -0.150. The molecule has 2 fully saturated rings. The van der Waals surface area contributed by atoms with E-state index in [0.29, 0.717) is 12.6 Å². The molecule has 0 spiro atoms. The van der Waals surface area contributed by atoms with Gasteiger partial charge in [-0.15, -0.1) is 0 Å². The third kappa shape index (κ3) is 2.57. The number of carboxylic acids is 1. The standard InChI is InChI=1S/C13H23NO2/c15-12(16)13(8-4-1-5-9-13)10-14-11-6-2-3-7-11/h11,14H,1-10H2,(H,15,16). The molecule has 0 aromatic heterocycles. The monoisotopic (exact) mass is 225 g/mol. The summed E-state index contributed by atoms with van der Waals surface area (Å²) in [7, 11) is 0. The summed E-state index contributed by atoms with van der Waals surface area (Å²) in [6.45, 7) is 0.687. The zero-order chi connectivity index (χ0) is 11.4. The molecule has 0 bridgehead atoms. The van der Waals surface area contributed by atoms with Crippen molar-refractivity contribution in [2.75, 3.05) is 6.54 Å². The topological polar surface area (TPSA) is 49.3 Å². The minimum atomic E-state index is -0.585. The van der Waals surface area contributed by atoms with E-state index >= 15 is 0 Å². The van der Waals surface area contributed by atoms with E-state index in [1.807, 2.05) is 0 Å². The molecule has 2 aliphatic rings. The first kappa shape index (κ1) is 11.9. The van der Waals surface area contributed by atoms with Crippen molar-refractivity contribution in [3.63, 3.8) is 0 Å². The Morgan fingerprint density at radius 1 is 1.12 bits per heavy atom. The second-order valence-electron chi connectivity index (χ2n) is 5.51. The van der Waals surface area contributed by atoms with Gasteiger partial charge in [0.2, 0.25) is 0 Å². The molecule has 3 heteroatoms. The Morgan fingerprint density at radius 2 is 1.75 bits per heavy atom. The third-order valence-corrected chi connectivity index (χ3v) is 4.35. The maximum atomic E-state index is 11.4. The Morgan fingerprint density at radius 3 is 2.31 bits per heavy atom. The number of hydrogen-bond donors (Lipinski definition) is 2. The van der Waals surface area contributed by atoms with Crippen molar-refractivity contribution in [3.05, 3.63) is 0 Å². The fourth-order valence-corrected chi connectivity index (χ4v) is 3.16. The van der Waals surface area contributed by atoms with E-state index in [4.69, 9.17) is 0 Å². The molecule has 16 heavy (non-hydrogen) atoms. The Hall–Kier alpha value is -0.570. The second kappa shape index (κ2) is 5.17. The number of carboxylic acid groups (broad SMARTS) is 1. The van der Waals surface area contributed by atoms with Crippen LogP contribution in [0.15, 0.2) is 0 Å². The van der Waals surface area contributed by atoms with Crippen LogP contribution in [0, 0.1) is 5.41 Å². The molecule has 2 rings (SSSR count). The molecular weight excluding hydrogens is 202 g/mol. The molecule has 0 aliphatic heterocycles. The zero-order valence-corrected chi connectivity index (χ0v) is 10.0. The quantitative estimate of drug-likeness (QED) is 0.773. The van der Waals surface area contributed by atoms with Crippen LogP contribution >= 0.6 is 0 Å². The maximum absolute atomic E-state index is 11.4. The van der Waals surface area contributed by atoms with Crippen molar-refractivity contribution in [2.24, 2.45) is 5.41 Å². The number of hydrogen-bond acceptors (Lipinski definition) is 2. The van der Waals surface area contributed by atoms with E-state index in [0.717, 1.165) is 25.7 Å². The van der Waals surface area contributed by atoms with E-state index in [1.54, 1.807) is 0 Å². The van der Waals surface area contributed by atoms with Gasteiger partial charge in [-0.25, -0.2) is 0 Å². The smallest absolute Gasteiger partial charge is 0.310 e. The molecule has 0 aromatic rings. The van der Waals surface area contributed by atoms with Crippen molar-refractivity contribution in [1.29, 1.82) is 0 Å². The van der Waals surface area contributed by atoms with Gasteiger partial charge in [0.25, 0.3) is 0 Å². The van der Waals surface area contributed by atoms with Crippen molar-refractivity contribution < 1.29 is 9.90 Å². The molecular formula is C13H23NO2. The van der Waals surface area contributed by atoms with Crippen LogP contribution in [0.25, 0.3) is 0 Å². The van der Waals surface area contributed by atoms with Crippen LogP contribution < -0.4 is 5.32 Å². The summed E-state index contributed by atoms with van der Waals surface area (Å²) >= 11 is 0. The average molecular weight is 225 g/mol. The zero-order valence-electron chi connectivity index (χ0n) is 10.0. The van der Waals surface area contributed by atoms with Gasteiger partial charge in [-0.2, -0.15) is 0 Å². The predicted molar refractivity (Wildman–Crippen MR) is 63.4 cm³/mol. The Bertz CT molecular complexity index is 240. The van der Waals surface area contributed by atoms with Crippen molar-refractivity contribution in [3.8, 4) is 0 Å². The van der Waals surface area contributed by atoms with Crippen LogP contribution in [0.1, 0.15) is 57.8 Å². The highest BCUT2D eigenvalue weighted by molar-refractivity contribution is 5.75.